The predicted octanol–water partition coefficient (Wildman–Crippen LogP) is 5.16. The second-order valence-corrected chi connectivity index (χ2v) is 8.76. The average Bonchev–Trinajstić information content (AvgIpc) is 3.03. The number of amides is 1. The molecule has 7 heteroatoms. The number of thiocarbonyl (C=S) groups is 1. The molecule has 2 aromatic carbocycles. The fourth-order valence-corrected chi connectivity index (χ4v) is 4.36. The lowest BCUT2D eigenvalue weighted by molar-refractivity contribution is -0.122. The molecule has 1 saturated heterocycles. The molecule has 1 aromatic heterocycles. The summed E-state index contributed by atoms with van der Waals surface area (Å²) in [5.41, 5.74) is 4.53. The van der Waals surface area contributed by atoms with E-state index in [0.29, 0.717) is 27.2 Å². The molecule has 1 N–H and O–H groups in total. The van der Waals surface area contributed by atoms with Crippen LogP contribution < -0.4 is 0 Å². The van der Waals surface area contributed by atoms with Crippen molar-refractivity contribution in [2.45, 2.75) is 13.5 Å². The van der Waals surface area contributed by atoms with E-state index in [1.807, 2.05) is 49.4 Å². The highest BCUT2D eigenvalue weighted by molar-refractivity contribution is 8.26. The Labute approximate surface area is 189 Å². The van der Waals surface area contributed by atoms with Gasteiger partial charge in [0.2, 0.25) is 0 Å². The van der Waals surface area contributed by atoms with Gasteiger partial charge in [-0.25, -0.2) is 9.78 Å². The van der Waals surface area contributed by atoms with Gasteiger partial charge in [0, 0.05) is 5.56 Å². The van der Waals surface area contributed by atoms with Crippen LogP contribution in [0, 0.1) is 6.92 Å². The highest BCUT2D eigenvalue weighted by atomic mass is 32.2. The molecule has 31 heavy (non-hydrogen) atoms. The number of hydrogen-bond acceptors (Lipinski definition) is 5. The molecular formula is C24H18N2O3S2. The highest BCUT2D eigenvalue weighted by Crippen LogP contribution is 2.33. The van der Waals surface area contributed by atoms with E-state index < -0.39 is 5.97 Å². The van der Waals surface area contributed by atoms with Gasteiger partial charge in [-0.1, -0.05) is 72.0 Å². The van der Waals surface area contributed by atoms with Crippen molar-refractivity contribution in [3.05, 3.63) is 94.0 Å². The first-order valence-electron chi connectivity index (χ1n) is 9.52. The molecule has 0 saturated carbocycles. The number of carbonyl (C=O) groups excluding carboxylic acids is 1. The maximum Gasteiger partial charge on any atom is 0.335 e. The Morgan fingerprint density at radius 2 is 1.81 bits per heavy atom. The Hall–Kier alpha value is -3.29. The number of nitrogens with zero attached hydrogens (tertiary/aromatic N) is 2. The van der Waals surface area contributed by atoms with E-state index >= 15 is 0 Å². The summed E-state index contributed by atoms with van der Waals surface area (Å²) in [6.07, 6.45) is 1.74. The fourth-order valence-electron chi connectivity index (χ4n) is 3.12. The van der Waals surface area contributed by atoms with Crippen LogP contribution in [0.25, 0.3) is 17.3 Å². The van der Waals surface area contributed by atoms with E-state index in [9.17, 15) is 9.59 Å². The first-order chi connectivity index (χ1) is 14.9. The average molecular weight is 447 g/mol. The van der Waals surface area contributed by atoms with E-state index in [-0.39, 0.29) is 11.5 Å². The summed E-state index contributed by atoms with van der Waals surface area (Å²) in [4.78, 5) is 30.7. The zero-order chi connectivity index (χ0) is 22.0. The maximum absolute atomic E-state index is 12.9. The minimum Gasteiger partial charge on any atom is -0.478 e. The summed E-state index contributed by atoms with van der Waals surface area (Å²) in [5, 5.41) is 9.05. The van der Waals surface area contributed by atoms with Crippen LogP contribution >= 0.6 is 24.0 Å². The van der Waals surface area contributed by atoms with Gasteiger partial charge in [-0.2, -0.15) is 0 Å². The van der Waals surface area contributed by atoms with Gasteiger partial charge in [-0.3, -0.25) is 9.69 Å². The molecule has 5 nitrogen and oxygen atoms in total. The van der Waals surface area contributed by atoms with Crippen LogP contribution in [0.5, 0.6) is 0 Å². The van der Waals surface area contributed by atoms with Gasteiger partial charge in [0.25, 0.3) is 5.91 Å². The van der Waals surface area contributed by atoms with E-state index in [4.69, 9.17) is 17.3 Å². The Balaban J connectivity index is 1.55. The summed E-state index contributed by atoms with van der Waals surface area (Å²) in [6, 6.07) is 20.1. The zero-order valence-corrected chi connectivity index (χ0v) is 18.2. The van der Waals surface area contributed by atoms with Gasteiger partial charge in [-0.15, -0.1) is 0 Å². The number of rotatable bonds is 5. The predicted molar refractivity (Wildman–Crippen MR) is 127 cm³/mol. The van der Waals surface area contributed by atoms with Crippen LogP contribution in [0.15, 0.2) is 71.6 Å². The summed E-state index contributed by atoms with van der Waals surface area (Å²) in [6.45, 7) is 2.46. The molecule has 1 amide bonds. The van der Waals surface area contributed by atoms with Crippen molar-refractivity contribution in [3.63, 3.8) is 0 Å². The zero-order valence-electron chi connectivity index (χ0n) is 16.6. The first-order valence-corrected chi connectivity index (χ1v) is 10.7. The van der Waals surface area contributed by atoms with E-state index in [0.717, 1.165) is 16.7 Å². The number of aryl methyl sites for hydroxylation is 1. The second-order valence-electron chi connectivity index (χ2n) is 7.08. The molecule has 4 rings (SSSR count). The monoisotopic (exact) mass is 446 g/mol. The van der Waals surface area contributed by atoms with Crippen molar-refractivity contribution in [2.75, 3.05) is 0 Å². The lowest BCUT2D eigenvalue weighted by Crippen LogP contribution is -2.27. The standard InChI is InChI=1S/C24H18N2O3S2/c1-15-5-7-16(8-6-15)14-26-22(27)21(31-24(26)30)13-19-3-2-4-20(25-19)17-9-11-18(12-10-17)23(28)29/h2-13H,14H2,1H3,(H,28,29)/b21-13-. The number of carbonyl (C=O) groups is 2. The number of hydrogen-bond donors (Lipinski definition) is 1. The van der Waals surface area contributed by atoms with Crippen LogP contribution in [0.2, 0.25) is 0 Å². The third-order valence-electron chi connectivity index (χ3n) is 4.81. The quantitative estimate of drug-likeness (QED) is 0.431. The Morgan fingerprint density at radius 3 is 2.48 bits per heavy atom. The lowest BCUT2D eigenvalue weighted by atomic mass is 10.1. The van der Waals surface area contributed by atoms with Gasteiger partial charge in [0.1, 0.15) is 4.32 Å². The molecular weight excluding hydrogens is 428 g/mol. The van der Waals surface area contributed by atoms with E-state index in [2.05, 4.69) is 4.98 Å². The molecule has 2 heterocycles. The van der Waals surface area contributed by atoms with E-state index in [1.54, 1.807) is 35.2 Å². The summed E-state index contributed by atoms with van der Waals surface area (Å²) < 4.78 is 0.525. The number of aromatic nitrogens is 1. The van der Waals surface area contributed by atoms with Crippen LogP contribution in [-0.4, -0.2) is 31.2 Å². The molecule has 3 aromatic rings. The minimum atomic E-state index is -0.971. The normalized spacial score (nSPS) is 15.0. The summed E-state index contributed by atoms with van der Waals surface area (Å²) >= 11 is 6.70. The van der Waals surface area contributed by atoms with Crippen molar-refractivity contribution in [1.82, 2.24) is 9.88 Å². The van der Waals surface area contributed by atoms with Gasteiger partial charge >= 0.3 is 5.97 Å². The minimum absolute atomic E-state index is 0.131. The van der Waals surface area contributed by atoms with Crippen LogP contribution in [0.3, 0.4) is 0 Å². The molecule has 0 atom stereocenters. The third kappa shape index (κ3) is 4.73. The molecule has 0 bridgehead atoms. The van der Waals surface area contributed by atoms with Crippen molar-refractivity contribution >= 4 is 46.3 Å². The number of aromatic carboxylic acids is 1. The van der Waals surface area contributed by atoms with Gasteiger partial charge < -0.3 is 5.11 Å². The third-order valence-corrected chi connectivity index (χ3v) is 6.19. The molecule has 1 fully saturated rings. The molecule has 0 spiro atoms. The molecule has 0 aliphatic carbocycles. The first kappa shape index (κ1) is 21.0. The van der Waals surface area contributed by atoms with E-state index in [1.165, 1.54) is 11.8 Å². The van der Waals surface area contributed by atoms with Crippen molar-refractivity contribution < 1.29 is 14.7 Å². The highest BCUT2D eigenvalue weighted by Gasteiger charge is 2.32. The smallest absolute Gasteiger partial charge is 0.335 e. The second kappa shape index (κ2) is 8.83. The Bertz CT molecular complexity index is 1200. The fraction of sp³-hybridized carbons (Fsp3) is 0.0833. The number of pyridine rings is 1. The van der Waals surface area contributed by atoms with Gasteiger partial charge in [0.05, 0.1) is 28.4 Å². The molecule has 1 aliphatic rings. The van der Waals surface area contributed by atoms with Crippen LogP contribution in [0.1, 0.15) is 27.2 Å². The number of carboxylic acids is 1. The molecule has 1 aliphatic heterocycles. The number of carboxylic acid groups (broad SMARTS) is 1. The lowest BCUT2D eigenvalue weighted by Gasteiger charge is -2.14. The van der Waals surface area contributed by atoms with Crippen molar-refractivity contribution in [1.29, 1.82) is 0 Å². The Morgan fingerprint density at radius 1 is 1.10 bits per heavy atom. The topological polar surface area (TPSA) is 70.5 Å². The van der Waals surface area contributed by atoms with Crippen LogP contribution in [0.4, 0.5) is 0 Å². The van der Waals surface area contributed by atoms with Gasteiger partial charge in [0.15, 0.2) is 0 Å². The molecule has 0 radical (unpaired) electrons. The summed E-state index contributed by atoms with van der Waals surface area (Å²) in [7, 11) is 0. The number of thioether (sulfide) groups is 1. The maximum atomic E-state index is 12.9. The van der Waals surface area contributed by atoms with Crippen molar-refractivity contribution in [2.24, 2.45) is 0 Å². The van der Waals surface area contributed by atoms with Crippen molar-refractivity contribution in [3.8, 4) is 11.3 Å². The van der Waals surface area contributed by atoms with Crippen LogP contribution in [-0.2, 0) is 11.3 Å². The molecule has 154 valence electrons. The number of benzene rings is 2. The van der Waals surface area contributed by atoms with Gasteiger partial charge in [-0.05, 0) is 42.8 Å². The SMILES string of the molecule is Cc1ccc(CN2C(=O)/C(=C/c3cccc(-c4ccc(C(=O)O)cc4)n3)SC2=S)cc1. The summed E-state index contributed by atoms with van der Waals surface area (Å²) in [5.74, 6) is -1.10. The Kier molecular flexibility index (Phi) is 5.97. The largest absolute Gasteiger partial charge is 0.478 e. The molecule has 0 unspecified atom stereocenters.